The van der Waals surface area contributed by atoms with E-state index in [1.165, 1.54) is 0 Å². The number of halogens is 2. The van der Waals surface area contributed by atoms with Crippen LogP contribution in [-0.4, -0.2) is 0 Å². The predicted octanol–water partition coefficient (Wildman–Crippen LogP) is 4.35. The maximum Gasteiger partial charge on any atom is 0.141 e. The van der Waals surface area contributed by atoms with E-state index in [-0.39, 0.29) is 0 Å². The molecule has 0 saturated carbocycles. The molecule has 0 aromatic heterocycles. The van der Waals surface area contributed by atoms with E-state index in [9.17, 15) is 0 Å². The standard InChI is InChI=1S/C13H11BrClNO/c14-11-7-10(15)5-6-13(11)17-12-4-2-1-3-9(12)8-16/h1-7H,8,16H2. The molecule has 0 bridgehead atoms. The van der Waals surface area contributed by atoms with Gasteiger partial charge in [-0.3, -0.25) is 0 Å². The molecule has 0 atom stereocenters. The Labute approximate surface area is 113 Å². The van der Waals surface area contributed by atoms with Crippen LogP contribution in [0.15, 0.2) is 46.9 Å². The van der Waals surface area contributed by atoms with Gasteiger partial charge in [-0.1, -0.05) is 29.8 Å². The maximum absolute atomic E-state index is 5.87. The Morgan fingerprint density at radius 3 is 2.59 bits per heavy atom. The van der Waals surface area contributed by atoms with E-state index in [0.29, 0.717) is 11.6 Å². The molecule has 0 fully saturated rings. The Morgan fingerprint density at radius 2 is 1.88 bits per heavy atom. The lowest BCUT2D eigenvalue weighted by atomic mass is 10.2. The second-order valence-electron chi connectivity index (χ2n) is 3.49. The molecule has 4 heteroatoms. The van der Waals surface area contributed by atoms with Gasteiger partial charge in [0.1, 0.15) is 11.5 Å². The molecule has 0 amide bonds. The lowest BCUT2D eigenvalue weighted by Gasteiger charge is -2.11. The molecule has 0 spiro atoms. The molecular weight excluding hydrogens is 302 g/mol. The van der Waals surface area contributed by atoms with Gasteiger partial charge in [-0.2, -0.15) is 0 Å². The monoisotopic (exact) mass is 311 g/mol. The third-order valence-electron chi connectivity index (χ3n) is 2.31. The summed E-state index contributed by atoms with van der Waals surface area (Å²) >= 11 is 9.28. The van der Waals surface area contributed by atoms with E-state index in [1.807, 2.05) is 30.3 Å². The van der Waals surface area contributed by atoms with Gasteiger partial charge in [0.15, 0.2) is 0 Å². The fourth-order valence-electron chi connectivity index (χ4n) is 1.45. The van der Waals surface area contributed by atoms with Gasteiger partial charge >= 0.3 is 0 Å². The van der Waals surface area contributed by atoms with Crippen molar-refractivity contribution in [1.82, 2.24) is 0 Å². The van der Waals surface area contributed by atoms with Crippen molar-refractivity contribution in [2.75, 3.05) is 0 Å². The van der Waals surface area contributed by atoms with E-state index in [0.717, 1.165) is 21.5 Å². The lowest BCUT2D eigenvalue weighted by Crippen LogP contribution is -1.99. The van der Waals surface area contributed by atoms with Crippen LogP contribution in [0.3, 0.4) is 0 Å². The van der Waals surface area contributed by atoms with Gasteiger partial charge in [-0.15, -0.1) is 0 Å². The Kier molecular flexibility index (Phi) is 4.05. The van der Waals surface area contributed by atoms with Crippen molar-refractivity contribution in [2.45, 2.75) is 6.54 Å². The Morgan fingerprint density at radius 1 is 1.12 bits per heavy atom. The summed E-state index contributed by atoms with van der Waals surface area (Å²) in [6.07, 6.45) is 0. The highest BCUT2D eigenvalue weighted by Gasteiger charge is 2.06. The van der Waals surface area contributed by atoms with Gasteiger partial charge < -0.3 is 10.5 Å². The van der Waals surface area contributed by atoms with Crippen molar-refractivity contribution >= 4 is 27.5 Å². The highest BCUT2D eigenvalue weighted by Crippen LogP contribution is 2.33. The van der Waals surface area contributed by atoms with E-state index in [2.05, 4.69) is 15.9 Å². The van der Waals surface area contributed by atoms with Crippen molar-refractivity contribution in [3.05, 3.63) is 57.5 Å². The van der Waals surface area contributed by atoms with Crippen LogP contribution in [0, 0.1) is 0 Å². The highest BCUT2D eigenvalue weighted by molar-refractivity contribution is 9.10. The van der Waals surface area contributed by atoms with Gasteiger partial charge in [0.2, 0.25) is 0 Å². The molecular formula is C13H11BrClNO. The van der Waals surface area contributed by atoms with Crippen LogP contribution in [0.4, 0.5) is 0 Å². The van der Waals surface area contributed by atoms with Crippen molar-refractivity contribution in [1.29, 1.82) is 0 Å². The molecule has 0 saturated heterocycles. The molecule has 2 rings (SSSR count). The zero-order chi connectivity index (χ0) is 12.3. The first-order valence-electron chi connectivity index (χ1n) is 5.11. The van der Waals surface area contributed by atoms with Crippen LogP contribution in [0.5, 0.6) is 11.5 Å². The summed E-state index contributed by atoms with van der Waals surface area (Å²) in [5, 5.41) is 0.663. The van der Waals surface area contributed by atoms with Crippen LogP contribution in [-0.2, 0) is 6.54 Å². The van der Waals surface area contributed by atoms with Gasteiger partial charge in [-0.25, -0.2) is 0 Å². The lowest BCUT2D eigenvalue weighted by molar-refractivity contribution is 0.473. The normalized spacial score (nSPS) is 10.3. The van der Waals surface area contributed by atoms with Gasteiger partial charge in [0.25, 0.3) is 0 Å². The first kappa shape index (κ1) is 12.4. The van der Waals surface area contributed by atoms with Crippen molar-refractivity contribution < 1.29 is 4.74 Å². The third-order valence-corrected chi connectivity index (χ3v) is 3.16. The number of hydrogen-bond acceptors (Lipinski definition) is 2. The molecule has 0 aliphatic heterocycles. The van der Waals surface area contributed by atoms with Crippen LogP contribution >= 0.6 is 27.5 Å². The molecule has 2 aromatic rings. The quantitative estimate of drug-likeness (QED) is 0.914. The largest absolute Gasteiger partial charge is 0.456 e. The second-order valence-corrected chi connectivity index (χ2v) is 4.78. The third kappa shape index (κ3) is 3.00. The second kappa shape index (κ2) is 5.54. The molecule has 2 nitrogen and oxygen atoms in total. The van der Waals surface area contributed by atoms with Crippen LogP contribution in [0.25, 0.3) is 0 Å². The minimum Gasteiger partial charge on any atom is -0.456 e. The average molecular weight is 313 g/mol. The van der Waals surface area contributed by atoms with E-state index >= 15 is 0 Å². The summed E-state index contributed by atoms with van der Waals surface area (Å²) in [6.45, 7) is 0.446. The zero-order valence-corrected chi connectivity index (χ0v) is 11.3. The molecule has 0 heterocycles. The van der Waals surface area contributed by atoms with Crippen LogP contribution in [0.2, 0.25) is 5.02 Å². The fraction of sp³-hybridized carbons (Fsp3) is 0.0769. The van der Waals surface area contributed by atoms with Crippen molar-refractivity contribution in [2.24, 2.45) is 5.73 Å². The van der Waals surface area contributed by atoms with Gasteiger partial charge in [0, 0.05) is 17.1 Å². The molecule has 0 unspecified atom stereocenters. The van der Waals surface area contributed by atoms with Crippen LogP contribution < -0.4 is 10.5 Å². The van der Waals surface area contributed by atoms with E-state index in [1.54, 1.807) is 12.1 Å². The number of rotatable bonds is 3. The summed E-state index contributed by atoms with van der Waals surface area (Å²) in [6, 6.07) is 13.1. The molecule has 0 radical (unpaired) electrons. The van der Waals surface area contributed by atoms with Crippen molar-refractivity contribution in [3.63, 3.8) is 0 Å². The van der Waals surface area contributed by atoms with Crippen molar-refractivity contribution in [3.8, 4) is 11.5 Å². The van der Waals surface area contributed by atoms with Gasteiger partial charge in [0.05, 0.1) is 4.47 Å². The predicted molar refractivity (Wildman–Crippen MR) is 73.6 cm³/mol. The summed E-state index contributed by atoms with van der Waals surface area (Å²) in [5.41, 5.74) is 6.62. The molecule has 0 aliphatic rings. The maximum atomic E-state index is 5.87. The van der Waals surface area contributed by atoms with E-state index < -0.39 is 0 Å². The summed E-state index contributed by atoms with van der Waals surface area (Å²) in [5.74, 6) is 1.48. The summed E-state index contributed by atoms with van der Waals surface area (Å²) in [7, 11) is 0. The summed E-state index contributed by atoms with van der Waals surface area (Å²) < 4.78 is 6.62. The smallest absolute Gasteiger partial charge is 0.141 e. The number of benzene rings is 2. The van der Waals surface area contributed by atoms with Gasteiger partial charge in [-0.05, 0) is 40.2 Å². The zero-order valence-electron chi connectivity index (χ0n) is 8.99. The SMILES string of the molecule is NCc1ccccc1Oc1ccc(Cl)cc1Br. The Bertz CT molecular complexity index is 531. The molecule has 2 aromatic carbocycles. The fourth-order valence-corrected chi connectivity index (χ4v) is 2.21. The molecule has 17 heavy (non-hydrogen) atoms. The number of ether oxygens (including phenoxy) is 1. The first-order chi connectivity index (χ1) is 8.20. The Balaban J connectivity index is 2.31. The molecule has 88 valence electrons. The number of para-hydroxylation sites is 1. The highest BCUT2D eigenvalue weighted by atomic mass is 79.9. The summed E-state index contributed by atoms with van der Waals surface area (Å²) in [4.78, 5) is 0. The topological polar surface area (TPSA) is 35.2 Å². The van der Waals surface area contributed by atoms with E-state index in [4.69, 9.17) is 22.1 Å². The number of hydrogen-bond donors (Lipinski definition) is 1. The van der Waals surface area contributed by atoms with Crippen LogP contribution in [0.1, 0.15) is 5.56 Å². The number of nitrogens with two attached hydrogens (primary N) is 1. The minimum absolute atomic E-state index is 0.446. The Hall–Kier alpha value is -1.03. The first-order valence-corrected chi connectivity index (χ1v) is 6.28. The average Bonchev–Trinajstić information content (AvgIpc) is 2.33. The minimum atomic E-state index is 0.446. The molecule has 0 aliphatic carbocycles. The molecule has 2 N–H and O–H groups in total.